The van der Waals surface area contributed by atoms with Gasteiger partial charge in [0.25, 0.3) is 0 Å². The largest absolute Gasteiger partial charge is 0.321 e. The average molecular weight is 236 g/mol. The standard InChI is InChI=1S/C16H16N2/c17-16(15-9-5-2-6-10-15)11-12-18-13-14-7-3-1-4-8-14/h1-13,16H,17H2/b12-11-,18-13+. The van der Waals surface area contributed by atoms with E-state index in [0.717, 1.165) is 11.1 Å². The van der Waals surface area contributed by atoms with Gasteiger partial charge < -0.3 is 5.73 Å². The Morgan fingerprint density at radius 2 is 1.50 bits per heavy atom. The summed E-state index contributed by atoms with van der Waals surface area (Å²) >= 11 is 0. The van der Waals surface area contributed by atoms with Crippen LogP contribution in [-0.2, 0) is 0 Å². The van der Waals surface area contributed by atoms with Gasteiger partial charge >= 0.3 is 0 Å². The summed E-state index contributed by atoms with van der Waals surface area (Å²) in [6.45, 7) is 0. The third-order valence-electron chi connectivity index (χ3n) is 2.59. The first-order valence-electron chi connectivity index (χ1n) is 5.92. The molecule has 0 fully saturated rings. The molecule has 2 heteroatoms. The molecule has 2 N–H and O–H groups in total. The van der Waals surface area contributed by atoms with E-state index in [2.05, 4.69) is 4.99 Å². The van der Waals surface area contributed by atoms with Crippen molar-refractivity contribution in [2.75, 3.05) is 0 Å². The van der Waals surface area contributed by atoms with E-state index in [-0.39, 0.29) is 6.04 Å². The Morgan fingerprint density at radius 3 is 2.17 bits per heavy atom. The van der Waals surface area contributed by atoms with Crippen LogP contribution in [0.15, 0.2) is 77.9 Å². The molecule has 0 spiro atoms. The fourth-order valence-electron chi connectivity index (χ4n) is 1.60. The van der Waals surface area contributed by atoms with E-state index >= 15 is 0 Å². The molecule has 2 aromatic carbocycles. The van der Waals surface area contributed by atoms with E-state index in [1.54, 1.807) is 6.20 Å². The number of nitrogens with zero attached hydrogens (tertiary/aromatic N) is 1. The van der Waals surface area contributed by atoms with Crippen LogP contribution in [0, 0.1) is 0 Å². The predicted octanol–water partition coefficient (Wildman–Crippen LogP) is 3.32. The van der Waals surface area contributed by atoms with Crippen LogP contribution in [0.25, 0.3) is 0 Å². The second-order valence-electron chi connectivity index (χ2n) is 3.97. The van der Waals surface area contributed by atoms with Gasteiger partial charge in [-0.25, -0.2) is 0 Å². The fraction of sp³-hybridized carbons (Fsp3) is 0.0625. The van der Waals surface area contributed by atoms with Crippen molar-refractivity contribution in [3.05, 3.63) is 84.1 Å². The van der Waals surface area contributed by atoms with Crippen LogP contribution in [-0.4, -0.2) is 6.21 Å². The van der Waals surface area contributed by atoms with E-state index in [1.165, 1.54) is 0 Å². The zero-order valence-electron chi connectivity index (χ0n) is 10.1. The van der Waals surface area contributed by atoms with Gasteiger partial charge in [-0.2, -0.15) is 0 Å². The highest BCUT2D eigenvalue weighted by Crippen LogP contribution is 2.10. The topological polar surface area (TPSA) is 38.4 Å². The maximum Gasteiger partial charge on any atom is 0.0498 e. The molecular formula is C16H16N2. The normalized spacial score (nSPS) is 13.2. The van der Waals surface area contributed by atoms with Gasteiger partial charge in [0, 0.05) is 18.5 Å². The zero-order chi connectivity index (χ0) is 12.6. The van der Waals surface area contributed by atoms with Crippen molar-refractivity contribution in [3.63, 3.8) is 0 Å². The smallest absolute Gasteiger partial charge is 0.0498 e. The van der Waals surface area contributed by atoms with Gasteiger partial charge in [0.2, 0.25) is 0 Å². The summed E-state index contributed by atoms with van der Waals surface area (Å²) in [6.07, 6.45) is 5.44. The minimum absolute atomic E-state index is 0.112. The predicted molar refractivity (Wildman–Crippen MR) is 76.5 cm³/mol. The molecule has 0 amide bonds. The van der Waals surface area contributed by atoms with Gasteiger partial charge in [-0.3, -0.25) is 4.99 Å². The maximum absolute atomic E-state index is 6.01. The van der Waals surface area contributed by atoms with Gasteiger partial charge in [0.05, 0.1) is 0 Å². The molecule has 0 saturated heterocycles. The molecule has 2 nitrogen and oxygen atoms in total. The van der Waals surface area contributed by atoms with Gasteiger partial charge in [-0.1, -0.05) is 60.7 Å². The van der Waals surface area contributed by atoms with Crippen molar-refractivity contribution in [2.45, 2.75) is 6.04 Å². The van der Waals surface area contributed by atoms with E-state index in [0.29, 0.717) is 0 Å². The summed E-state index contributed by atoms with van der Waals surface area (Å²) in [4.78, 5) is 4.22. The second-order valence-corrected chi connectivity index (χ2v) is 3.97. The molecule has 1 atom stereocenters. The Bertz CT molecular complexity index is 515. The lowest BCUT2D eigenvalue weighted by Crippen LogP contribution is -2.06. The summed E-state index contributed by atoms with van der Waals surface area (Å²) in [5, 5.41) is 0. The molecular weight excluding hydrogens is 220 g/mol. The Balaban J connectivity index is 1.94. The van der Waals surface area contributed by atoms with Gasteiger partial charge in [-0.05, 0) is 17.2 Å². The number of hydrogen-bond acceptors (Lipinski definition) is 2. The van der Waals surface area contributed by atoms with Crippen LogP contribution >= 0.6 is 0 Å². The third kappa shape index (κ3) is 3.68. The quantitative estimate of drug-likeness (QED) is 0.812. The Hall–Kier alpha value is -2.19. The summed E-state index contributed by atoms with van der Waals surface area (Å²) in [6, 6.07) is 19.8. The summed E-state index contributed by atoms with van der Waals surface area (Å²) in [7, 11) is 0. The van der Waals surface area contributed by atoms with Crippen molar-refractivity contribution in [1.29, 1.82) is 0 Å². The molecule has 0 aliphatic heterocycles. The first kappa shape index (κ1) is 12.3. The molecule has 90 valence electrons. The molecule has 0 aliphatic rings. The average Bonchev–Trinajstić information content (AvgIpc) is 2.45. The van der Waals surface area contributed by atoms with Gasteiger partial charge in [-0.15, -0.1) is 0 Å². The number of aliphatic imine (C=N–C) groups is 1. The molecule has 0 aliphatic carbocycles. The lowest BCUT2D eigenvalue weighted by molar-refractivity contribution is 0.908. The van der Waals surface area contributed by atoms with E-state index in [9.17, 15) is 0 Å². The molecule has 0 heterocycles. The van der Waals surface area contributed by atoms with E-state index < -0.39 is 0 Å². The molecule has 0 saturated carbocycles. The summed E-state index contributed by atoms with van der Waals surface area (Å²) in [5.74, 6) is 0. The first-order chi connectivity index (χ1) is 8.86. The van der Waals surface area contributed by atoms with Crippen molar-refractivity contribution in [3.8, 4) is 0 Å². The van der Waals surface area contributed by atoms with Crippen molar-refractivity contribution in [2.24, 2.45) is 10.7 Å². The maximum atomic E-state index is 6.01. The van der Waals surface area contributed by atoms with Crippen LogP contribution in [0.2, 0.25) is 0 Å². The zero-order valence-corrected chi connectivity index (χ0v) is 10.1. The number of hydrogen-bond donors (Lipinski definition) is 1. The SMILES string of the molecule is NC(/C=C\N=C\c1ccccc1)c1ccccc1. The van der Waals surface area contributed by atoms with Crippen molar-refractivity contribution >= 4 is 6.21 Å². The lowest BCUT2D eigenvalue weighted by Gasteiger charge is -2.04. The highest BCUT2D eigenvalue weighted by Gasteiger charge is 1.98. The number of rotatable bonds is 4. The third-order valence-corrected chi connectivity index (χ3v) is 2.59. The molecule has 18 heavy (non-hydrogen) atoms. The number of benzene rings is 2. The van der Waals surface area contributed by atoms with E-state index in [4.69, 9.17) is 5.73 Å². The molecule has 2 aromatic rings. The van der Waals surface area contributed by atoms with Gasteiger partial charge in [0.15, 0.2) is 0 Å². The Labute approximate surface area is 107 Å². The molecule has 0 bridgehead atoms. The molecule has 2 rings (SSSR count). The van der Waals surface area contributed by atoms with Crippen molar-refractivity contribution in [1.82, 2.24) is 0 Å². The van der Waals surface area contributed by atoms with E-state index in [1.807, 2.05) is 73.0 Å². The molecule has 1 unspecified atom stereocenters. The summed E-state index contributed by atoms with van der Waals surface area (Å²) in [5.41, 5.74) is 8.18. The van der Waals surface area contributed by atoms with Gasteiger partial charge in [0.1, 0.15) is 0 Å². The Morgan fingerprint density at radius 1 is 0.889 bits per heavy atom. The highest BCUT2D eigenvalue weighted by molar-refractivity contribution is 5.79. The second kappa shape index (κ2) is 6.52. The van der Waals surface area contributed by atoms with Crippen LogP contribution in [0.3, 0.4) is 0 Å². The van der Waals surface area contributed by atoms with Crippen molar-refractivity contribution < 1.29 is 0 Å². The molecule has 0 aromatic heterocycles. The number of nitrogens with two attached hydrogens (primary N) is 1. The minimum atomic E-state index is -0.112. The van der Waals surface area contributed by atoms with Crippen LogP contribution in [0.5, 0.6) is 0 Å². The lowest BCUT2D eigenvalue weighted by atomic mass is 10.1. The van der Waals surface area contributed by atoms with Crippen LogP contribution in [0.1, 0.15) is 17.2 Å². The monoisotopic (exact) mass is 236 g/mol. The highest BCUT2D eigenvalue weighted by atomic mass is 14.7. The Kier molecular flexibility index (Phi) is 4.45. The summed E-state index contributed by atoms with van der Waals surface area (Å²) < 4.78 is 0. The first-order valence-corrected chi connectivity index (χ1v) is 5.92. The van der Waals surface area contributed by atoms with Crippen LogP contribution < -0.4 is 5.73 Å². The molecule has 0 radical (unpaired) electrons. The fourth-order valence-corrected chi connectivity index (χ4v) is 1.60. The minimum Gasteiger partial charge on any atom is -0.321 e. The van der Waals surface area contributed by atoms with Crippen LogP contribution in [0.4, 0.5) is 0 Å².